The van der Waals surface area contributed by atoms with Gasteiger partial charge in [-0.05, 0) is 12.8 Å². The van der Waals surface area contributed by atoms with Crippen LogP contribution in [0.1, 0.15) is 25.7 Å². The zero-order chi connectivity index (χ0) is 6.95. The van der Waals surface area contributed by atoms with Gasteiger partial charge in [0.2, 0.25) is 0 Å². The van der Waals surface area contributed by atoms with Crippen molar-refractivity contribution in [1.29, 1.82) is 0 Å². The van der Waals surface area contributed by atoms with Gasteiger partial charge in [-0.3, -0.25) is 0 Å². The van der Waals surface area contributed by atoms with Gasteiger partial charge in [0.25, 0.3) is 0 Å². The molecule has 0 spiro atoms. The van der Waals surface area contributed by atoms with Crippen molar-refractivity contribution in [2.45, 2.75) is 25.7 Å². The Morgan fingerprint density at radius 1 is 1.00 bits per heavy atom. The molecule has 1 heteroatoms. The SMILES string of the molecule is [CH2]CC[CH]S[CH]CC[CH2]. The zero-order valence-electron chi connectivity index (χ0n) is 5.81. The number of hydrogen-bond donors (Lipinski definition) is 0. The molecule has 0 bridgehead atoms. The minimum absolute atomic E-state index is 1.01. The molecular formula is C8H14S. The van der Waals surface area contributed by atoms with E-state index in [4.69, 9.17) is 0 Å². The van der Waals surface area contributed by atoms with Gasteiger partial charge in [0.05, 0.1) is 0 Å². The molecule has 0 nitrogen and oxygen atoms in total. The summed E-state index contributed by atoms with van der Waals surface area (Å²) in [7, 11) is 0. The van der Waals surface area contributed by atoms with Crippen LogP contribution in [0.5, 0.6) is 0 Å². The topological polar surface area (TPSA) is 0 Å². The Balaban J connectivity index is 2.60. The predicted molar refractivity (Wildman–Crippen MR) is 45.4 cm³/mol. The van der Waals surface area contributed by atoms with Crippen molar-refractivity contribution in [3.05, 3.63) is 25.4 Å². The lowest BCUT2D eigenvalue weighted by Crippen LogP contribution is -1.70. The van der Waals surface area contributed by atoms with Gasteiger partial charge in [0, 0.05) is 11.5 Å². The van der Waals surface area contributed by atoms with Crippen LogP contribution in [0.3, 0.4) is 0 Å². The summed E-state index contributed by atoms with van der Waals surface area (Å²) in [5.74, 6) is 4.37. The van der Waals surface area contributed by atoms with Gasteiger partial charge in [-0.1, -0.05) is 26.7 Å². The smallest absolute Gasteiger partial charge is 0.0169 e. The highest BCUT2D eigenvalue weighted by Gasteiger charge is 1.86. The molecule has 0 heterocycles. The third kappa shape index (κ3) is 8.35. The van der Waals surface area contributed by atoms with Crippen LogP contribution in [0, 0.1) is 25.4 Å². The Morgan fingerprint density at radius 3 is 1.78 bits per heavy atom. The van der Waals surface area contributed by atoms with Gasteiger partial charge in [0.15, 0.2) is 0 Å². The normalized spacial score (nSPS) is 10.0. The van der Waals surface area contributed by atoms with Crippen molar-refractivity contribution in [2.75, 3.05) is 0 Å². The summed E-state index contributed by atoms with van der Waals surface area (Å²) in [5, 5.41) is 0. The Kier molecular flexibility index (Phi) is 8.67. The van der Waals surface area contributed by atoms with Gasteiger partial charge >= 0.3 is 0 Å². The van der Waals surface area contributed by atoms with E-state index < -0.39 is 0 Å². The Morgan fingerprint density at radius 2 is 1.44 bits per heavy atom. The molecule has 0 aliphatic rings. The van der Waals surface area contributed by atoms with Crippen LogP contribution in [-0.2, 0) is 0 Å². The van der Waals surface area contributed by atoms with Gasteiger partial charge < -0.3 is 0 Å². The monoisotopic (exact) mass is 142 g/mol. The Hall–Kier alpha value is 0.350. The van der Waals surface area contributed by atoms with Gasteiger partial charge in [-0.25, -0.2) is 0 Å². The molecule has 0 aliphatic heterocycles. The second-order valence-corrected chi connectivity index (χ2v) is 2.69. The van der Waals surface area contributed by atoms with E-state index in [0.29, 0.717) is 0 Å². The molecule has 52 valence electrons. The number of rotatable bonds is 6. The minimum Gasteiger partial charge on any atom is -0.153 e. The highest BCUT2D eigenvalue weighted by atomic mass is 32.2. The lowest BCUT2D eigenvalue weighted by atomic mass is 10.4. The third-order valence-electron chi connectivity index (χ3n) is 0.836. The Bertz CT molecular complexity index is 37.8. The molecular weight excluding hydrogens is 128 g/mol. The van der Waals surface area contributed by atoms with E-state index in [1.165, 1.54) is 0 Å². The first-order valence-corrected chi connectivity index (χ1v) is 4.23. The fourth-order valence-corrected chi connectivity index (χ4v) is 1.11. The van der Waals surface area contributed by atoms with Gasteiger partial charge in [-0.15, -0.1) is 0 Å². The van der Waals surface area contributed by atoms with E-state index in [9.17, 15) is 0 Å². The van der Waals surface area contributed by atoms with Crippen LogP contribution in [0.4, 0.5) is 0 Å². The third-order valence-corrected chi connectivity index (χ3v) is 1.69. The molecule has 0 N–H and O–H groups in total. The maximum absolute atomic E-state index is 3.73. The molecule has 0 aliphatic carbocycles. The van der Waals surface area contributed by atoms with E-state index in [-0.39, 0.29) is 0 Å². The van der Waals surface area contributed by atoms with Crippen molar-refractivity contribution in [2.24, 2.45) is 0 Å². The fourth-order valence-electron chi connectivity index (χ4n) is 0.371. The lowest BCUT2D eigenvalue weighted by molar-refractivity contribution is 1.02. The summed E-state index contributed by atoms with van der Waals surface area (Å²) in [6.07, 6.45) is 4.23. The molecule has 0 aromatic rings. The second-order valence-electron chi connectivity index (χ2n) is 1.75. The number of thioether (sulfide) groups is 1. The van der Waals surface area contributed by atoms with Crippen LogP contribution in [-0.4, -0.2) is 0 Å². The molecule has 0 rings (SSSR count). The molecule has 0 aromatic heterocycles. The van der Waals surface area contributed by atoms with E-state index in [1.54, 1.807) is 11.8 Å². The summed E-state index contributed by atoms with van der Waals surface area (Å²) in [6.45, 7) is 7.47. The van der Waals surface area contributed by atoms with Crippen molar-refractivity contribution >= 4 is 11.8 Å². The Labute approximate surface area is 63.4 Å². The summed E-state index contributed by atoms with van der Waals surface area (Å²) >= 11 is 1.77. The van der Waals surface area contributed by atoms with Crippen LogP contribution >= 0.6 is 11.8 Å². The largest absolute Gasteiger partial charge is 0.153 e. The molecule has 0 atom stereocenters. The molecule has 9 heavy (non-hydrogen) atoms. The van der Waals surface area contributed by atoms with Gasteiger partial charge in [-0.2, -0.15) is 11.8 Å². The highest BCUT2D eigenvalue weighted by molar-refractivity contribution is 8.03. The van der Waals surface area contributed by atoms with E-state index in [0.717, 1.165) is 25.7 Å². The van der Waals surface area contributed by atoms with E-state index in [2.05, 4.69) is 25.4 Å². The first kappa shape index (κ1) is 9.35. The molecule has 0 saturated carbocycles. The highest BCUT2D eigenvalue weighted by Crippen LogP contribution is 2.16. The summed E-state index contributed by atoms with van der Waals surface area (Å²) < 4.78 is 0. The fraction of sp³-hybridized carbons (Fsp3) is 0.500. The molecule has 0 aromatic carbocycles. The summed E-state index contributed by atoms with van der Waals surface area (Å²) in [4.78, 5) is 0. The van der Waals surface area contributed by atoms with Crippen LogP contribution in [0.25, 0.3) is 0 Å². The zero-order valence-corrected chi connectivity index (χ0v) is 6.62. The number of unbranched alkanes of at least 4 members (excludes halogenated alkanes) is 2. The molecule has 0 unspecified atom stereocenters. The lowest BCUT2D eigenvalue weighted by Gasteiger charge is -1.95. The molecule has 4 radical (unpaired) electrons. The van der Waals surface area contributed by atoms with Crippen molar-refractivity contribution in [1.82, 2.24) is 0 Å². The maximum atomic E-state index is 3.73. The van der Waals surface area contributed by atoms with Crippen molar-refractivity contribution in [3.8, 4) is 0 Å². The van der Waals surface area contributed by atoms with Crippen molar-refractivity contribution < 1.29 is 0 Å². The molecule has 0 fully saturated rings. The first-order valence-electron chi connectivity index (χ1n) is 3.29. The minimum atomic E-state index is 1.01. The standard InChI is InChI=1S/C8H14S/c1-3-5-7-9-8-6-4-2/h7-8H,1-6H2. The summed E-state index contributed by atoms with van der Waals surface area (Å²) in [5.41, 5.74) is 0. The average molecular weight is 142 g/mol. The molecule has 0 saturated heterocycles. The van der Waals surface area contributed by atoms with E-state index >= 15 is 0 Å². The van der Waals surface area contributed by atoms with Crippen LogP contribution in [0.2, 0.25) is 0 Å². The van der Waals surface area contributed by atoms with Gasteiger partial charge in [0.1, 0.15) is 0 Å². The second kappa shape index (κ2) is 8.35. The molecule has 0 amide bonds. The number of hydrogen-bond acceptors (Lipinski definition) is 1. The summed E-state index contributed by atoms with van der Waals surface area (Å²) in [6, 6.07) is 0. The maximum Gasteiger partial charge on any atom is 0.0169 e. The van der Waals surface area contributed by atoms with E-state index in [1.807, 2.05) is 0 Å². The quantitative estimate of drug-likeness (QED) is 0.513. The van der Waals surface area contributed by atoms with Crippen LogP contribution < -0.4 is 0 Å². The average Bonchev–Trinajstić information content (AvgIpc) is 1.89. The van der Waals surface area contributed by atoms with Crippen molar-refractivity contribution in [3.63, 3.8) is 0 Å². The first-order chi connectivity index (χ1) is 4.41. The predicted octanol–water partition coefficient (Wildman–Crippen LogP) is 3.27. The van der Waals surface area contributed by atoms with Crippen LogP contribution in [0.15, 0.2) is 0 Å².